The summed E-state index contributed by atoms with van der Waals surface area (Å²) in [7, 11) is 0. The average molecular weight is 244 g/mol. The molecular formula is C11H20N2O2S. The lowest BCUT2D eigenvalue weighted by molar-refractivity contribution is -0.136. The van der Waals surface area contributed by atoms with Crippen molar-refractivity contribution in [1.29, 1.82) is 0 Å². The lowest BCUT2D eigenvalue weighted by atomic mass is 10.1. The average Bonchev–Trinajstić information content (AvgIpc) is 2.82. The van der Waals surface area contributed by atoms with Crippen molar-refractivity contribution in [3.8, 4) is 0 Å². The maximum atomic E-state index is 12.1. The van der Waals surface area contributed by atoms with E-state index >= 15 is 0 Å². The Morgan fingerprint density at radius 1 is 1.62 bits per heavy atom. The lowest BCUT2D eigenvalue weighted by Crippen LogP contribution is -2.50. The second kappa shape index (κ2) is 5.89. The molecule has 0 spiro atoms. The van der Waals surface area contributed by atoms with E-state index in [4.69, 9.17) is 4.74 Å². The first-order valence-electron chi connectivity index (χ1n) is 6.02. The zero-order valence-electron chi connectivity index (χ0n) is 9.78. The number of nitrogens with one attached hydrogen (secondary N) is 1. The number of piperidine rings is 1. The van der Waals surface area contributed by atoms with Crippen LogP contribution in [0, 0.1) is 0 Å². The molecule has 0 radical (unpaired) electrons. The van der Waals surface area contributed by atoms with E-state index in [2.05, 4.69) is 5.32 Å². The van der Waals surface area contributed by atoms with Crippen molar-refractivity contribution in [1.82, 2.24) is 10.2 Å². The highest BCUT2D eigenvalue weighted by molar-refractivity contribution is 7.99. The molecule has 0 aliphatic carbocycles. The number of thioether (sulfide) groups is 1. The number of hydrogen-bond acceptors (Lipinski definition) is 4. The fourth-order valence-electron chi connectivity index (χ4n) is 2.28. The molecule has 2 aliphatic rings. The topological polar surface area (TPSA) is 41.6 Å². The summed E-state index contributed by atoms with van der Waals surface area (Å²) < 4.78 is 5.61. The van der Waals surface area contributed by atoms with Gasteiger partial charge in [0.05, 0.1) is 12.1 Å². The molecule has 0 aromatic carbocycles. The van der Waals surface area contributed by atoms with E-state index in [0.717, 1.165) is 44.2 Å². The fraction of sp³-hybridized carbons (Fsp3) is 0.909. The van der Waals surface area contributed by atoms with Crippen molar-refractivity contribution >= 4 is 17.7 Å². The molecule has 2 aliphatic heterocycles. The lowest BCUT2D eigenvalue weighted by Gasteiger charge is -2.33. The number of nitrogens with zero attached hydrogens (tertiary/aromatic N) is 1. The molecule has 1 N–H and O–H groups in total. The van der Waals surface area contributed by atoms with Crippen LogP contribution in [0.5, 0.6) is 0 Å². The monoisotopic (exact) mass is 244 g/mol. The summed E-state index contributed by atoms with van der Waals surface area (Å²) in [6.45, 7) is 4.42. The van der Waals surface area contributed by atoms with Crippen LogP contribution in [-0.2, 0) is 9.53 Å². The van der Waals surface area contributed by atoms with Gasteiger partial charge >= 0.3 is 0 Å². The van der Waals surface area contributed by atoms with Crippen LogP contribution in [0.3, 0.4) is 0 Å². The molecule has 0 saturated carbocycles. The minimum atomic E-state index is 0.0328. The van der Waals surface area contributed by atoms with Crippen LogP contribution < -0.4 is 5.32 Å². The normalized spacial score (nSPS) is 30.7. The van der Waals surface area contributed by atoms with Crippen molar-refractivity contribution in [2.24, 2.45) is 0 Å². The molecule has 4 nitrogen and oxygen atoms in total. The van der Waals surface area contributed by atoms with Crippen LogP contribution in [-0.4, -0.2) is 54.3 Å². The van der Waals surface area contributed by atoms with Crippen LogP contribution in [0.2, 0.25) is 0 Å². The van der Waals surface area contributed by atoms with Crippen molar-refractivity contribution in [2.45, 2.75) is 31.9 Å². The molecule has 2 heterocycles. The van der Waals surface area contributed by atoms with E-state index in [-0.39, 0.29) is 18.1 Å². The molecule has 2 rings (SSSR count). The maximum Gasteiger partial charge on any atom is 0.240 e. The number of likely N-dealkylation sites (tertiary alicyclic amines) is 1. The predicted octanol–water partition coefficient (Wildman–Crippen LogP) is 0.676. The van der Waals surface area contributed by atoms with Gasteiger partial charge in [-0.1, -0.05) is 0 Å². The van der Waals surface area contributed by atoms with Gasteiger partial charge in [0.2, 0.25) is 5.91 Å². The molecule has 16 heavy (non-hydrogen) atoms. The van der Waals surface area contributed by atoms with E-state index in [1.807, 2.05) is 11.8 Å². The second-order valence-electron chi connectivity index (χ2n) is 4.28. The van der Waals surface area contributed by atoms with Gasteiger partial charge in [0.1, 0.15) is 0 Å². The molecule has 2 atom stereocenters. The first-order valence-corrected chi connectivity index (χ1v) is 7.18. The highest BCUT2D eigenvalue weighted by Gasteiger charge is 2.30. The van der Waals surface area contributed by atoms with Gasteiger partial charge in [-0.3, -0.25) is 10.1 Å². The van der Waals surface area contributed by atoms with Gasteiger partial charge in [0.15, 0.2) is 0 Å². The minimum absolute atomic E-state index is 0.0328. The molecule has 2 fully saturated rings. The first-order chi connectivity index (χ1) is 7.81. The van der Waals surface area contributed by atoms with E-state index in [1.165, 1.54) is 0 Å². The zero-order valence-corrected chi connectivity index (χ0v) is 10.6. The largest absolute Gasteiger partial charge is 0.377 e. The van der Waals surface area contributed by atoms with Crippen molar-refractivity contribution in [3.05, 3.63) is 0 Å². The minimum Gasteiger partial charge on any atom is -0.377 e. The number of amides is 1. The quantitative estimate of drug-likeness (QED) is 0.792. The number of carbonyl (C=O) groups is 1. The third-order valence-electron chi connectivity index (χ3n) is 3.11. The Hall–Kier alpha value is -0.260. The van der Waals surface area contributed by atoms with Gasteiger partial charge < -0.3 is 9.64 Å². The standard InChI is InChI=1S/C11H20N2O2S/c1-2-15-9-4-3-5-13(6-9)11(14)10-7-16-8-12-10/h9-10,12H,2-8H2,1H3. The Balaban J connectivity index is 1.85. The highest BCUT2D eigenvalue weighted by Crippen LogP contribution is 2.17. The molecule has 1 amide bonds. The third-order valence-corrected chi connectivity index (χ3v) is 4.05. The Labute approximate surface area is 101 Å². The Morgan fingerprint density at radius 3 is 3.19 bits per heavy atom. The van der Waals surface area contributed by atoms with Gasteiger partial charge in [-0.2, -0.15) is 0 Å². The fourth-order valence-corrected chi connectivity index (χ4v) is 3.22. The highest BCUT2D eigenvalue weighted by atomic mass is 32.2. The van der Waals surface area contributed by atoms with Crippen LogP contribution in [0.15, 0.2) is 0 Å². The van der Waals surface area contributed by atoms with Gasteiger partial charge in [-0.25, -0.2) is 0 Å². The van der Waals surface area contributed by atoms with Gasteiger partial charge in [0, 0.05) is 31.3 Å². The second-order valence-corrected chi connectivity index (χ2v) is 5.31. The smallest absolute Gasteiger partial charge is 0.240 e. The number of hydrogen-bond donors (Lipinski definition) is 1. The summed E-state index contributed by atoms with van der Waals surface area (Å²) in [4.78, 5) is 14.1. The number of ether oxygens (including phenoxy) is 1. The van der Waals surface area contributed by atoms with Gasteiger partial charge in [-0.15, -0.1) is 11.8 Å². The van der Waals surface area contributed by atoms with E-state index in [0.29, 0.717) is 0 Å². The van der Waals surface area contributed by atoms with E-state index < -0.39 is 0 Å². The summed E-state index contributed by atoms with van der Waals surface area (Å²) in [6, 6.07) is 0.0328. The summed E-state index contributed by atoms with van der Waals surface area (Å²) in [5.74, 6) is 2.07. The molecule has 2 saturated heterocycles. The molecule has 0 aromatic heterocycles. The van der Waals surface area contributed by atoms with Crippen molar-refractivity contribution < 1.29 is 9.53 Å². The third kappa shape index (κ3) is 2.90. The summed E-state index contributed by atoms with van der Waals surface area (Å²) in [5.41, 5.74) is 0. The first kappa shape index (κ1) is 12.2. The predicted molar refractivity (Wildman–Crippen MR) is 65.5 cm³/mol. The molecule has 0 bridgehead atoms. The van der Waals surface area contributed by atoms with Crippen LogP contribution >= 0.6 is 11.8 Å². The van der Waals surface area contributed by atoms with E-state index in [9.17, 15) is 4.79 Å². The molecule has 0 aromatic rings. The number of rotatable bonds is 3. The maximum absolute atomic E-state index is 12.1. The van der Waals surface area contributed by atoms with Crippen molar-refractivity contribution in [2.75, 3.05) is 31.3 Å². The van der Waals surface area contributed by atoms with Crippen LogP contribution in [0.1, 0.15) is 19.8 Å². The SMILES string of the molecule is CCOC1CCCN(C(=O)C2CSCN2)C1. The number of carbonyl (C=O) groups excluding carboxylic acids is 1. The molecule has 5 heteroatoms. The van der Waals surface area contributed by atoms with Crippen LogP contribution in [0.25, 0.3) is 0 Å². The zero-order chi connectivity index (χ0) is 11.4. The Kier molecular flexibility index (Phi) is 4.49. The van der Waals surface area contributed by atoms with Crippen LogP contribution in [0.4, 0.5) is 0 Å². The molecule has 92 valence electrons. The van der Waals surface area contributed by atoms with Crippen molar-refractivity contribution in [3.63, 3.8) is 0 Å². The van der Waals surface area contributed by atoms with Gasteiger partial charge in [-0.05, 0) is 19.8 Å². The summed E-state index contributed by atoms with van der Waals surface area (Å²) in [5, 5.41) is 3.23. The summed E-state index contributed by atoms with van der Waals surface area (Å²) >= 11 is 1.80. The van der Waals surface area contributed by atoms with E-state index in [1.54, 1.807) is 11.8 Å². The Morgan fingerprint density at radius 2 is 2.50 bits per heavy atom. The Bertz CT molecular complexity index is 242. The summed E-state index contributed by atoms with van der Waals surface area (Å²) in [6.07, 6.45) is 2.40. The molecular weight excluding hydrogens is 224 g/mol. The molecule has 2 unspecified atom stereocenters. The van der Waals surface area contributed by atoms with Gasteiger partial charge in [0.25, 0.3) is 0 Å².